The maximum Gasteiger partial charge on any atom is 0.266 e. The summed E-state index contributed by atoms with van der Waals surface area (Å²) in [5.74, 6) is 1.52. The van der Waals surface area contributed by atoms with Crippen LogP contribution in [0.3, 0.4) is 0 Å². The van der Waals surface area contributed by atoms with Crippen molar-refractivity contribution < 1.29 is 0 Å². The van der Waals surface area contributed by atoms with Gasteiger partial charge in [-0.2, -0.15) is 5.10 Å². The summed E-state index contributed by atoms with van der Waals surface area (Å²) in [6.45, 7) is 6.26. The standard InChI is InChI=1S/C16H25N3O/c1-13-7-8-16(20)19(17-13)12-15-10-18(11-15)9-14-5-3-2-4-6-14/h7-8,14-15H,2-6,9-12H2,1H3. The van der Waals surface area contributed by atoms with E-state index < -0.39 is 0 Å². The van der Waals surface area contributed by atoms with Crippen LogP contribution in [0.15, 0.2) is 16.9 Å². The molecule has 1 aliphatic carbocycles. The second kappa shape index (κ2) is 6.08. The van der Waals surface area contributed by atoms with Gasteiger partial charge in [0.05, 0.1) is 12.2 Å². The van der Waals surface area contributed by atoms with E-state index in [2.05, 4.69) is 10.00 Å². The van der Waals surface area contributed by atoms with Crippen molar-refractivity contribution in [1.29, 1.82) is 0 Å². The van der Waals surface area contributed by atoms with Crippen LogP contribution in [0.1, 0.15) is 37.8 Å². The molecule has 2 heterocycles. The molecule has 1 aromatic heterocycles. The number of hydrogen-bond acceptors (Lipinski definition) is 3. The van der Waals surface area contributed by atoms with Gasteiger partial charge in [-0.3, -0.25) is 4.79 Å². The molecule has 0 aromatic carbocycles. The maximum atomic E-state index is 11.7. The first-order valence-electron chi connectivity index (χ1n) is 7.98. The number of likely N-dealkylation sites (tertiary alicyclic amines) is 1. The second-order valence-electron chi connectivity index (χ2n) is 6.58. The molecule has 0 N–H and O–H groups in total. The molecule has 0 spiro atoms. The predicted molar refractivity (Wildman–Crippen MR) is 79.7 cm³/mol. The smallest absolute Gasteiger partial charge is 0.266 e. The molecular weight excluding hydrogens is 250 g/mol. The largest absolute Gasteiger partial charge is 0.302 e. The van der Waals surface area contributed by atoms with Crippen molar-refractivity contribution in [2.24, 2.45) is 11.8 Å². The van der Waals surface area contributed by atoms with Gasteiger partial charge in [-0.05, 0) is 31.7 Å². The highest BCUT2D eigenvalue weighted by atomic mass is 16.1. The van der Waals surface area contributed by atoms with E-state index in [9.17, 15) is 4.79 Å². The van der Waals surface area contributed by atoms with Crippen molar-refractivity contribution in [1.82, 2.24) is 14.7 Å². The van der Waals surface area contributed by atoms with Gasteiger partial charge in [-0.25, -0.2) is 4.68 Å². The SMILES string of the molecule is Cc1ccc(=O)n(CC2CN(CC3CCCCC3)C2)n1. The Labute approximate surface area is 120 Å². The van der Waals surface area contributed by atoms with E-state index in [1.54, 1.807) is 16.8 Å². The molecule has 1 aromatic rings. The van der Waals surface area contributed by atoms with Gasteiger partial charge in [0.15, 0.2) is 0 Å². The number of hydrogen-bond donors (Lipinski definition) is 0. The minimum Gasteiger partial charge on any atom is -0.302 e. The van der Waals surface area contributed by atoms with E-state index in [4.69, 9.17) is 0 Å². The van der Waals surface area contributed by atoms with Crippen LogP contribution < -0.4 is 5.56 Å². The third kappa shape index (κ3) is 3.29. The average Bonchev–Trinajstić information content (AvgIpc) is 2.41. The molecule has 0 amide bonds. The fraction of sp³-hybridized carbons (Fsp3) is 0.750. The molecule has 110 valence electrons. The molecule has 1 saturated carbocycles. The van der Waals surface area contributed by atoms with Crippen LogP contribution in [0, 0.1) is 18.8 Å². The Hall–Kier alpha value is -1.16. The van der Waals surface area contributed by atoms with Crippen LogP contribution in [0.25, 0.3) is 0 Å². The van der Waals surface area contributed by atoms with E-state index in [0.29, 0.717) is 5.92 Å². The molecule has 1 aliphatic heterocycles. The van der Waals surface area contributed by atoms with Gasteiger partial charge in [0, 0.05) is 31.6 Å². The van der Waals surface area contributed by atoms with Gasteiger partial charge in [0.1, 0.15) is 0 Å². The van der Waals surface area contributed by atoms with Crippen LogP contribution in [0.2, 0.25) is 0 Å². The lowest BCUT2D eigenvalue weighted by molar-refractivity contribution is 0.0602. The zero-order valence-corrected chi connectivity index (χ0v) is 12.4. The molecule has 0 atom stereocenters. The van der Waals surface area contributed by atoms with Gasteiger partial charge in [0.25, 0.3) is 5.56 Å². The van der Waals surface area contributed by atoms with Crippen molar-refractivity contribution in [3.63, 3.8) is 0 Å². The van der Waals surface area contributed by atoms with Crippen LogP contribution in [0.5, 0.6) is 0 Å². The van der Waals surface area contributed by atoms with Crippen molar-refractivity contribution in [2.45, 2.75) is 45.6 Å². The Morgan fingerprint density at radius 1 is 1.10 bits per heavy atom. The first-order valence-corrected chi connectivity index (χ1v) is 7.98. The highest BCUT2D eigenvalue weighted by Gasteiger charge is 2.29. The number of aryl methyl sites for hydroxylation is 1. The summed E-state index contributed by atoms with van der Waals surface area (Å²) in [5, 5.41) is 4.32. The van der Waals surface area contributed by atoms with Crippen LogP contribution in [-0.2, 0) is 6.54 Å². The Morgan fingerprint density at radius 3 is 2.60 bits per heavy atom. The van der Waals surface area contributed by atoms with Gasteiger partial charge < -0.3 is 4.90 Å². The molecule has 20 heavy (non-hydrogen) atoms. The summed E-state index contributed by atoms with van der Waals surface area (Å²) in [4.78, 5) is 14.3. The Morgan fingerprint density at radius 2 is 1.85 bits per heavy atom. The van der Waals surface area contributed by atoms with E-state index >= 15 is 0 Å². The van der Waals surface area contributed by atoms with E-state index in [1.807, 2.05) is 6.92 Å². The van der Waals surface area contributed by atoms with Crippen LogP contribution in [0.4, 0.5) is 0 Å². The summed E-state index contributed by atoms with van der Waals surface area (Å²) < 4.78 is 1.64. The molecule has 4 heteroatoms. The quantitative estimate of drug-likeness (QED) is 0.844. The molecule has 2 aliphatic rings. The first kappa shape index (κ1) is 13.8. The normalized spacial score (nSPS) is 21.9. The first-order chi connectivity index (χ1) is 9.70. The van der Waals surface area contributed by atoms with Crippen molar-refractivity contribution in [3.05, 3.63) is 28.2 Å². The monoisotopic (exact) mass is 275 g/mol. The van der Waals surface area contributed by atoms with Crippen molar-refractivity contribution in [3.8, 4) is 0 Å². The Kier molecular flexibility index (Phi) is 4.20. The maximum absolute atomic E-state index is 11.7. The third-order valence-corrected chi connectivity index (χ3v) is 4.71. The molecule has 1 saturated heterocycles. The van der Waals surface area contributed by atoms with E-state index in [0.717, 1.165) is 31.2 Å². The lowest BCUT2D eigenvalue weighted by atomic mass is 9.87. The lowest BCUT2D eigenvalue weighted by Crippen LogP contribution is -2.51. The summed E-state index contributed by atoms with van der Waals surface area (Å²) >= 11 is 0. The van der Waals surface area contributed by atoms with Gasteiger partial charge in [-0.15, -0.1) is 0 Å². The van der Waals surface area contributed by atoms with E-state index in [-0.39, 0.29) is 5.56 Å². The minimum atomic E-state index is 0.0290. The fourth-order valence-corrected chi connectivity index (χ4v) is 3.60. The molecule has 2 fully saturated rings. The topological polar surface area (TPSA) is 38.1 Å². The molecule has 0 bridgehead atoms. The number of nitrogens with zero attached hydrogens (tertiary/aromatic N) is 3. The van der Waals surface area contributed by atoms with Crippen LogP contribution in [-0.4, -0.2) is 34.3 Å². The Balaban J connectivity index is 1.46. The number of aromatic nitrogens is 2. The summed E-state index contributed by atoms with van der Waals surface area (Å²) in [6, 6.07) is 3.41. The lowest BCUT2D eigenvalue weighted by Gasteiger charge is -2.41. The van der Waals surface area contributed by atoms with Crippen molar-refractivity contribution >= 4 is 0 Å². The molecule has 0 radical (unpaired) electrons. The molecule has 3 rings (SSSR count). The zero-order chi connectivity index (χ0) is 13.9. The van der Waals surface area contributed by atoms with Gasteiger partial charge in [-0.1, -0.05) is 19.3 Å². The third-order valence-electron chi connectivity index (χ3n) is 4.71. The predicted octanol–water partition coefficient (Wildman–Crippen LogP) is 2.06. The van der Waals surface area contributed by atoms with Gasteiger partial charge in [0.2, 0.25) is 0 Å². The highest BCUT2D eigenvalue weighted by Crippen LogP contribution is 2.27. The molecule has 0 unspecified atom stereocenters. The van der Waals surface area contributed by atoms with Gasteiger partial charge >= 0.3 is 0 Å². The molecular formula is C16H25N3O. The van der Waals surface area contributed by atoms with Crippen LogP contribution >= 0.6 is 0 Å². The highest BCUT2D eigenvalue weighted by molar-refractivity contribution is 4.97. The van der Waals surface area contributed by atoms with E-state index in [1.165, 1.54) is 38.6 Å². The zero-order valence-electron chi connectivity index (χ0n) is 12.4. The second-order valence-corrected chi connectivity index (χ2v) is 6.58. The molecule has 4 nitrogen and oxygen atoms in total. The Bertz CT molecular complexity index is 499. The summed E-state index contributed by atoms with van der Waals surface area (Å²) in [5.41, 5.74) is 0.948. The summed E-state index contributed by atoms with van der Waals surface area (Å²) in [7, 11) is 0. The average molecular weight is 275 g/mol. The number of rotatable bonds is 4. The fourth-order valence-electron chi connectivity index (χ4n) is 3.60. The minimum absolute atomic E-state index is 0.0290. The van der Waals surface area contributed by atoms with Crippen molar-refractivity contribution in [2.75, 3.05) is 19.6 Å². The summed E-state index contributed by atoms with van der Waals surface area (Å²) in [6.07, 6.45) is 7.11.